The Hall–Kier alpha value is -1.21. The minimum Gasteiger partial charge on any atom is -0.414 e. The lowest BCUT2D eigenvalue weighted by atomic mass is 11.1. The number of hydrogen-bond acceptors (Lipinski definition) is 1. The molecule has 0 saturated carbocycles. The first-order valence-electron chi connectivity index (χ1n) is 1.92. The Labute approximate surface area is 70.4 Å². The molecule has 8 heteroatoms. The highest BCUT2D eigenvalue weighted by atomic mass is 19.4. The summed E-state index contributed by atoms with van der Waals surface area (Å²) in [6.07, 6.45) is -4.23. The standard InChI is InChI=1S/C3H3F3O.C2H4.4FH/c1-2-7-3(4,5)6;1-2;;;;/h2H,1H2;1-2H2;4*1H. The Morgan fingerprint density at radius 2 is 1.15 bits per heavy atom. The van der Waals surface area contributed by atoms with Gasteiger partial charge < -0.3 is 4.74 Å². The first-order valence-corrected chi connectivity index (χ1v) is 1.92. The lowest BCUT2D eigenvalue weighted by Crippen LogP contribution is -2.07. The third-order valence-corrected chi connectivity index (χ3v) is 0.217. The molecule has 0 aliphatic carbocycles. The molecule has 0 aliphatic rings. The van der Waals surface area contributed by atoms with Crippen molar-refractivity contribution in [1.82, 2.24) is 0 Å². The fourth-order valence-corrected chi connectivity index (χ4v) is 0.0945. The van der Waals surface area contributed by atoms with Gasteiger partial charge in [-0.15, -0.1) is 26.3 Å². The van der Waals surface area contributed by atoms with Gasteiger partial charge in [0.1, 0.15) is 0 Å². The molecule has 0 unspecified atom stereocenters. The average molecular weight is 220 g/mol. The molecule has 0 fully saturated rings. The molecule has 0 rings (SSSR count). The molecule has 13 heavy (non-hydrogen) atoms. The zero-order valence-electron chi connectivity index (χ0n) is 6.37. The molecule has 0 heterocycles. The summed E-state index contributed by atoms with van der Waals surface area (Å²) in [6, 6.07) is 0. The third kappa shape index (κ3) is 107. The highest BCUT2D eigenvalue weighted by Crippen LogP contribution is 2.15. The summed E-state index contributed by atoms with van der Waals surface area (Å²) >= 11 is 0. The van der Waals surface area contributed by atoms with Crippen LogP contribution in [-0.2, 0) is 4.74 Å². The van der Waals surface area contributed by atoms with Gasteiger partial charge >= 0.3 is 6.36 Å². The number of ether oxygens (including phenoxy) is 1. The van der Waals surface area contributed by atoms with Crippen molar-refractivity contribution in [2.24, 2.45) is 0 Å². The molecule has 0 spiro atoms. The van der Waals surface area contributed by atoms with Crippen LogP contribution in [0.1, 0.15) is 0 Å². The number of hydrogen-bond donors (Lipinski definition) is 0. The maximum atomic E-state index is 10.8. The number of rotatable bonds is 1. The fraction of sp³-hybridized carbons (Fsp3) is 0.200. The second kappa shape index (κ2) is 22.4. The van der Waals surface area contributed by atoms with Crippen LogP contribution in [0.2, 0.25) is 0 Å². The summed E-state index contributed by atoms with van der Waals surface area (Å²) < 4.78 is 35.3. The van der Waals surface area contributed by atoms with Gasteiger partial charge in [-0.2, -0.15) is 0 Å². The van der Waals surface area contributed by atoms with Crippen molar-refractivity contribution in [3.63, 3.8) is 0 Å². The van der Waals surface area contributed by atoms with E-state index in [9.17, 15) is 13.2 Å². The van der Waals surface area contributed by atoms with Crippen molar-refractivity contribution >= 4 is 0 Å². The van der Waals surface area contributed by atoms with Crippen molar-refractivity contribution < 1.29 is 36.7 Å². The molecule has 0 saturated heterocycles. The van der Waals surface area contributed by atoms with Gasteiger partial charge in [0.15, 0.2) is 0 Å². The van der Waals surface area contributed by atoms with E-state index in [4.69, 9.17) is 0 Å². The molecule has 0 aromatic carbocycles. The van der Waals surface area contributed by atoms with E-state index in [1.807, 2.05) is 0 Å². The molecule has 0 aromatic heterocycles. The van der Waals surface area contributed by atoms with Gasteiger partial charge in [-0.3, -0.25) is 18.8 Å². The van der Waals surface area contributed by atoms with Crippen molar-refractivity contribution in [3.8, 4) is 0 Å². The second-order valence-corrected chi connectivity index (χ2v) is 0.730. The van der Waals surface area contributed by atoms with Gasteiger partial charge in [0, 0.05) is 0 Å². The molecule has 0 amide bonds. The molecule has 0 atom stereocenters. The molecule has 0 aliphatic heterocycles. The lowest BCUT2D eigenvalue weighted by Gasteiger charge is -2.00. The normalized spacial score (nSPS) is 6.08. The Balaban J connectivity index is -0.0000000191. The van der Waals surface area contributed by atoms with Crippen molar-refractivity contribution in [2.75, 3.05) is 0 Å². The predicted octanol–water partition coefficient (Wildman–Crippen LogP) is 3.08. The van der Waals surface area contributed by atoms with Crippen LogP contribution < -0.4 is 0 Å². The van der Waals surface area contributed by atoms with Gasteiger partial charge in [-0.05, 0) is 0 Å². The van der Waals surface area contributed by atoms with Crippen LogP contribution in [-0.4, -0.2) is 6.36 Å². The van der Waals surface area contributed by atoms with E-state index in [0.717, 1.165) is 0 Å². The molecule has 0 bridgehead atoms. The van der Waals surface area contributed by atoms with E-state index in [1.54, 1.807) is 0 Å². The summed E-state index contributed by atoms with van der Waals surface area (Å²) in [6.45, 7) is 8.70. The van der Waals surface area contributed by atoms with E-state index in [1.165, 1.54) is 0 Å². The van der Waals surface area contributed by atoms with Gasteiger partial charge in [0.2, 0.25) is 0 Å². The molecular formula is C5H11F7O. The Morgan fingerprint density at radius 3 is 1.15 bits per heavy atom. The molecule has 1 nitrogen and oxygen atoms in total. The zero-order valence-corrected chi connectivity index (χ0v) is 6.37. The van der Waals surface area contributed by atoms with Crippen molar-refractivity contribution in [3.05, 3.63) is 26.0 Å². The molecular weight excluding hydrogens is 209 g/mol. The van der Waals surface area contributed by atoms with Crippen molar-refractivity contribution in [1.29, 1.82) is 0 Å². The van der Waals surface area contributed by atoms with E-state index in [0.29, 0.717) is 6.26 Å². The minimum absolute atomic E-state index is 0. The van der Waals surface area contributed by atoms with Crippen LogP contribution >= 0.6 is 0 Å². The monoisotopic (exact) mass is 220 g/mol. The van der Waals surface area contributed by atoms with Gasteiger partial charge in [-0.25, -0.2) is 0 Å². The van der Waals surface area contributed by atoms with E-state index in [-0.39, 0.29) is 18.8 Å². The number of halogens is 7. The molecule has 0 aromatic rings. The highest BCUT2D eigenvalue weighted by molar-refractivity contribution is 4.48. The van der Waals surface area contributed by atoms with Gasteiger partial charge in [0.05, 0.1) is 6.26 Å². The van der Waals surface area contributed by atoms with Gasteiger partial charge in [0.25, 0.3) is 0 Å². The van der Waals surface area contributed by atoms with Gasteiger partial charge in [-0.1, -0.05) is 6.58 Å². The molecule has 0 radical (unpaired) electrons. The summed E-state index contributed by atoms with van der Waals surface area (Å²) in [5, 5.41) is 0. The first kappa shape index (κ1) is 40.9. The summed E-state index contributed by atoms with van der Waals surface area (Å²) in [5.74, 6) is 0. The zero-order chi connectivity index (χ0) is 7.91. The van der Waals surface area contributed by atoms with Crippen LogP contribution in [0.4, 0.5) is 32.0 Å². The highest BCUT2D eigenvalue weighted by Gasteiger charge is 2.28. The SMILES string of the molecule is C=C.C=COC(F)(F)F.F.F.F.F. The Bertz CT molecular complexity index is 81.4. The maximum Gasteiger partial charge on any atom is 0.572 e. The maximum absolute atomic E-state index is 10.8. The van der Waals surface area contributed by atoms with E-state index in [2.05, 4.69) is 24.5 Å². The van der Waals surface area contributed by atoms with Crippen LogP contribution in [0.5, 0.6) is 0 Å². The topological polar surface area (TPSA) is 9.23 Å². The van der Waals surface area contributed by atoms with Crippen molar-refractivity contribution in [2.45, 2.75) is 6.36 Å². The average Bonchev–Trinajstić information content (AvgIpc) is 1.69. The Kier molecular flexibility index (Phi) is 70.6. The summed E-state index contributed by atoms with van der Waals surface area (Å²) in [5.41, 5.74) is 0. The van der Waals surface area contributed by atoms with Crippen LogP contribution in [0.15, 0.2) is 26.0 Å². The third-order valence-electron chi connectivity index (χ3n) is 0.217. The summed E-state index contributed by atoms with van der Waals surface area (Å²) in [7, 11) is 0. The fourth-order valence-electron chi connectivity index (χ4n) is 0.0945. The Morgan fingerprint density at radius 1 is 0.923 bits per heavy atom. The first-order chi connectivity index (χ1) is 4.06. The smallest absolute Gasteiger partial charge is 0.414 e. The largest absolute Gasteiger partial charge is 0.572 e. The quantitative estimate of drug-likeness (QED) is 0.375. The predicted molar refractivity (Wildman–Crippen MR) is 38.6 cm³/mol. The number of alkyl halides is 3. The second-order valence-electron chi connectivity index (χ2n) is 0.730. The van der Waals surface area contributed by atoms with Crippen LogP contribution in [0, 0.1) is 0 Å². The minimum atomic E-state index is -4.57. The molecule has 0 N–H and O–H groups in total. The van der Waals surface area contributed by atoms with E-state index < -0.39 is 6.36 Å². The van der Waals surface area contributed by atoms with Crippen LogP contribution in [0.25, 0.3) is 0 Å². The molecule has 86 valence electrons. The lowest BCUT2D eigenvalue weighted by molar-refractivity contribution is -0.297. The van der Waals surface area contributed by atoms with Crippen LogP contribution in [0.3, 0.4) is 0 Å². The summed E-state index contributed by atoms with van der Waals surface area (Å²) in [4.78, 5) is 0. The van der Waals surface area contributed by atoms with E-state index >= 15 is 0 Å².